The van der Waals surface area contributed by atoms with Crippen LogP contribution in [0.5, 0.6) is 0 Å². The van der Waals surface area contributed by atoms with Gasteiger partial charge in [-0.1, -0.05) is 55.4 Å². The molecule has 0 aliphatic heterocycles. The third-order valence-electron chi connectivity index (χ3n) is 6.72. The lowest BCUT2D eigenvalue weighted by Gasteiger charge is -2.29. The zero-order chi connectivity index (χ0) is 28.1. The molecule has 0 amide bonds. The standard InChI is InChI=1S/C30H28ClN3O2S2Si/c1-33-24-10-9-21(30(36,26-11-12-27(31)38-26)25-18-32-29(37)34(25)2)16-23(24)22(17-28(33)35)20-8-6-7-19(15-20)13-14-39(3,4)5/h6-12,15-18,36H,1-5H3,(H,32,37). The summed E-state index contributed by atoms with van der Waals surface area (Å²) >= 11 is 13.1. The van der Waals surface area contributed by atoms with Gasteiger partial charge in [0.15, 0.2) is 10.4 Å². The SMILES string of the molecule is Cn1c(C(O)(c2ccc3c(c2)c(-c2cccc(C#C[Si](C)(C)C)c2)cc(=O)n3C)c2ccc(Cl)s2)c[nH]c1=S. The van der Waals surface area contributed by atoms with Gasteiger partial charge in [-0.25, -0.2) is 0 Å². The van der Waals surface area contributed by atoms with Crippen molar-refractivity contribution in [3.8, 4) is 22.6 Å². The van der Waals surface area contributed by atoms with Gasteiger partial charge >= 0.3 is 0 Å². The van der Waals surface area contributed by atoms with E-state index in [0.717, 1.165) is 27.6 Å². The molecule has 0 radical (unpaired) electrons. The zero-order valence-corrected chi connectivity index (χ0v) is 25.7. The molecule has 5 aromatic rings. The summed E-state index contributed by atoms with van der Waals surface area (Å²) in [6, 6.07) is 18.9. The van der Waals surface area contributed by atoms with Crippen LogP contribution < -0.4 is 5.56 Å². The maximum absolute atomic E-state index is 13.0. The number of nitrogens with zero attached hydrogens (tertiary/aromatic N) is 2. The number of thiophene rings is 1. The van der Waals surface area contributed by atoms with Crippen LogP contribution in [0.1, 0.15) is 21.7 Å². The second-order valence-corrected chi connectivity index (χ2v) is 17.5. The van der Waals surface area contributed by atoms with E-state index in [-0.39, 0.29) is 5.56 Å². The minimum Gasteiger partial charge on any atom is -0.374 e. The molecule has 1 atom stereocenters. The van der Waals surface area contributed by atoms with Crippen LogP contribution in [0.4, 0.5) is 0 Å². The summed E-state index contributed by atoms with van der Waals surface area (Å²) < 4.78 is 4.44. The minimum absolute atomic E-state index is 0.114. The number of aryl methyl sites for hydroxylation is 1. The Morgan fingerprint density at radius 3 is 2.46 bits per heavy atom. The van der Waals surface area contributed by atoms with E-state index < -0.39 is 13.7 Å². The zero-order valence-electron chi connectivity index (χ0n) is 22.3. The van der Waals surface area contributed by atoms with Crippen molar-refractivity contribution in [2.45, 2.75) is 25.2 Å². The molecule has 2 N–H and O–H groups in total. The van der Waals surface area contributed by atoms with Crippen LogP contribution in [0.25, 0.3) is 22.0 Å². The molecule has 0 aliphatic carbocycles. The number of aromatic nitrogens is 3. The number of benzene rings is 2. The highest BCUT2D eigenvalue weighted by atomic mass is 35.5. The Morgan fingerprint density at radius 1 is 1.05 bits per heavy atom. The smallest absolute Gasteiger partial charge is 0.251 e. The Kier molecular flexibility index (Phi) is 7.08. The molecule has 39 heavy (non-hydrogen) atoms. The van der Waals surface area contributed by atoms with E-state index in [4.69, 9.17) is 23.8 Å². The molecule has 2 aromatic carbocycles. The molecule has 5 nitrogen and oxygen atoms in total. The first-order valence-corrected chi connectivity index (χ1v) is 17.5. The molecule has 0 saturated carbocycles. The monoisotopic (exact) mass is 589 g/mol. The Morgan fingerprint density at radius 2 is 1.82 bits per heavy atom. The van der Waals surface area contributed by atoms with Gasteiger partial charge in [0.05, 0.1) is 15.5 Å². The number of aromatic amines is 1. The highest BCUT2D eigenvalue weighted by molar-refractivity contribution is 7.71. The van der Waals surface area contributed by atoms with Crippen molar-refractivity contribution in [2.24, 2.45) is 14.1 Å². The Labute approximate surface area is 242 Å². The van der Waals surface area contributed by atoms with Crippen molar-refractivity contribution >= 4 is 54.1 Å². The molecule has 0 fully saturated rings. The first kappa shape index (κ1) is 27.4. The van der Waals surface area contributed by atoms with Crippen molar-refractivity contribution < 1.29 is 5.11 Å². The molecule has 1 unspecified atom stereocenters. The number of aliphatic hydroxyl groups is 1. The van der Waals surface area contributed by atoms with Gasteiger partial charge in [0, 0.05) is 42.2 Å². The van der Waals surface area contributed by atoms with E-state index in [1.54, 1.807) is 34.5 Å². The normalized spacial score (nSPS) is 13.2. The van der Waals surface area contributed by atoms with Crippen molar-refractivity contribution in [3.05, 3.63) is 108 Å². The molecule has 0 saturated heterocycles. The number of hydrogen-bond donors (Lipinski definition) is 2. The van der Waals surface area contributed by atoms with Crippen molar-refractivity contribution in [1.29, 1.82) is 0 Å². The fourth-order valence-corrected chi connectivity index (χ4v) is 6.50. The van der Waals surface area contributed by atoms with E-state index in [9.17, 15) is 9.90 Å². The van der Waals surface area contributed by atoms with Crippen molar-refractivity contribution in [1.82, 2.24) is 14.1 Å². The minimum atomic E-state index is -1.55. The number of halogens is 1. The van der Waals surface area contributed by atoms with Crippen LogP contribution in [0.2, 0.25) is 24.0 Å². The maximum Gasteiger partial charge on any atom is 0.251 e. The number of pyridine rings is 1. The summed E-state index contributed by atoms with van der Waals surface area (Å²) in [7, 11) is 2.02. The van der Waals surface area contributed by atoms with Gasteiger partial charge in [0.2, 0.25) is 0 Å². The van der Waals surface area contributed by atoms with Gasteiger partial charge in [-0.2, -0.15) is 0 Å². The van der Waals surface area contributed by atoms with Gasteiger partial charge in [0.1, 0.15) is 8.07 Å². The second-order valence-electron chi connectivity index (χ2n) is 10.6. The third kappa shape index (κ3) is 5.09. The number of H-pyrrole nitrogens is 1. The number of hydrogen-bond acceptors (Lipinski definition) is 4. The molecular weight excluding hydrogens is 562 g/mol. The lowest BCUT2D eigenvalue weighted by molar-refractivity contribution is 0.121. The van der Waals surface area contributed by atoms with Gasteiger partial charge in [-0.3, -0.25) is 4.79 Å². The number of fused-ring (bicyclic) bond motifs is 1. The molecule has 9 heteroatoms. The largest absolute Gasteiger partial charge is 0.374 e. The highest BCUT2D eigenvalue weighted by Crippen LogP contribution is 2.42. The van der Waals surface area contributed by atoms with Crippen molar-refractivity contribution in [2.75, 3.05) is 0 Å². The lowest BCUT2D eigenvalue weighted by atomic mass is 9.87. The lowest BCUT2D eigenvalue weighted by Crippen LogP contribution is -2.30. The average molecular weight is 590 g/mol. The van der Waals surface area contributed by atoms with Crippen LogP contribution in [-0.2, 0) is 19.7 Å². The van der Waals surface area contributed by atoms with Crippen LogP contribution in [0.15, 0.2) is 71.7 Å². The molecule has 3 aromatic heterocycles. The molecule has 0 aliphatic rings. The molecule has 5 rings (SSSR count). The van der Waals surface area contributed by atoms with Crippen molar-refractivity contribution in [3.63, 3.8) is 0 Å². The van der Waals surface area contributed by atoms with Crippen LogP contribution in [0.3, 0.4) is 0 Å². The number of imidazole rings is 1. The fourth-order valence-electron chi connectivity index (χ4n) is 4.65. The molecule has 0 spiro atoms. The summed E-state index contributed by atoms with van der Waals surface area (Å²) in [5, 5.41) is 13.3. The van der Waals surface area contributed by atoms with Gasteiger partial charge in [-0.15, -0.1) is 16.9 Å². The van der Waals surface area contributed by atoms with Gasteiger partial charge in [-0.05, 0) is 65.3 Å². The average Bonchev–Trinajstić information content (AvgIpc) is 3.49. The Hall–Kier alpha value is -3.19. The molecule has 0 bridgehead atoms. The number of nitrogens with one attached hydrogen (secondary N) is 1. The predicted molar refractivity (Wildman–Crippen MR) is 167 cm³/mol. The quantitative estimate of drug-likeness (QED) is 0.137. The van der Waals surface area contributed by atoms with E-state index in [2.05, 4.69) is 36.1 Å². The second kappa shape index (κ2) is 10.1. The summed E-state index contributed by atoms with van der Waals surface area (Å²) in [4.78, 5) is 16.7. The fraction of sp³-hybridized carbons (Fsp3) is 0.200. The van der Waals surface area contributed by atoms with E-state index in [1.165, 1.54) is 11.3 Å². The van der Waals surface area contributed by atoms with Crippen LogP contribution >= 0.6 is 35.2 Å². The van der Waals surface area contributed by atoms with Crippen LogP contribution in [0, 0.1) is 16.2 Å². The highest BCUT2D eigenvalue weighted by Gasteiger charge is 2.38. The number of rotatable bonds is 4. The third-order valence-corrected chi connectivity index (χ3v) is 9.33. The Bertz CT molecular complexity index is 1920. The summed E-state index contributed by atoms with van der Waals surface area (Å²) in [6.45, 7) is 6.63. The molecular formula is C30H28ClN3O2S2Si. The van der Waals surface area contributed by atoms with Gasteiger partial charge in [0.25, 0.3) is 5.56 Å². The van der Waals surface area contributed by atoms with E-state index in [1.807, 2.05) is 55.6 Å². The topological polar surface area (TPSA) is 63.0 Å². The summed E-state index contributed by atoms with van der Waals surface area (Å²) in [5.74, 6) is 3.32. The molecule has 3 heterocycles. The first-order valence-electron chi connectivity index (χ1n) is 12.4. The summed E-state index contributed by atoms with van der Waals surface area (Å²) in [5.41, 5.74) is 6.31. The first-order chi connectivity index (χ1) is 18.4. The van der Waals surface area contributed by atoms with Gasteiger partial charge < -0.3 is 19.2 Å². The van der Waals surface area contributed by atoms with Crippen LogP contribution in [-0.4, -0.2) is 27.3 Å². The van der Waals surface area contributed by atoms with E-state index >= 15 is 0 Å². The summed E-state index contributed by atoms with van der Waals surface area (Å²) in [6.07, 6.45) is 1.72. The maximum atomic E-state index is 13.0. The van der Waals surface area contributed by atoms with E-state index in [0.29, 0.717) is 25.2 Å². The molecule has 198 valence electrons. The Balaban J connectivity index is 1.79. The predicted octanol–water partition coefficient (Wildman–Crippen LogP) is 6.83.